The summed E-state index contributed by atoms with van der Waals surface area (Å²) in [5.74, 6) is 0.537. The number of halogens is 3. The van der Waals surface area contributed by atoms with Gasteiger partial charge in [0, 0.05) is 36.0 Å². The maximum Gasteiger partial charge on any atom is 0.416 e. The van der Waals surface area contributed by atoms with Gasteiger partial charge in [-0.2, -0.15) is 13.2 Å². The van der Waals surface area contributed by atoms with Gasteiger partial charge < -0.3 is 10.2 Å². The van der Waals surface area contributed by atoms with E-state index in [1.165, 1.54) is 23.5 Å². The van der Waals surface area contributed by atoms with Crippen LogP contribution in [0.15, 0.2) is 53.9 Å². The summed E-state index contributed by atoms with van der Waals surface area (Å²) in [6, 6.07) is 12.0. The summed E-state index contributed by atoms with van der Waals surface area (Å²) < 4.78 is 39.0. The molecule has 1 unspecified atom stereocenters. The van der Waals surface area contributed by atoms with Crippen LogP contribution in [0.4, 0.5) is 13.2 Å². The Morgan fingerprint density at radius 2 is 1.70 bits per heavy atom. The predicted molar refractivity (Wildman–Crippen MR) is 152 cm³/mol. The molecule has 0 bridgehead atoms. The topological polar surface area (TPSA) is 62.3 Å². The fraction of sp³-hybridized carbons (Fsp3) is 0.452. The third-order valence-electron chi connectivity index (χ3n) is 7.36. The Balaban J connectivity index is 1.35. The van der Waals surface area contributed by atoms with Gasteiger partial charge in [-0.25, -0.2) is 4.98 Å². The van der Waals surface area contributed by atoms with Gasteiger partial charge in [0.05, 0.1) is 10.6 Å². The molecule has 1 N–H and O–H groups in total. The molecule has 1 aromatic heterocycles. The van der Waals surface area contributed by atoms with Crippen LogP contribution in [0, 0.1) is 5.92 Å². The van der Waals surface area contributed by atoms with E-state index < -0.39 is 11.7 Å². The van der Waals surface area contributed by atoms with Crippen LogP contribution in [0.5, 0.6) is 0 Å². The smallest absolute Gasteiger partial charge is 0.348 e. The first-order valence-corrected chi connectivity index (χ1v) is 14.7. The predicted octanol–water partition coefficient (Wildman–Crippen LogP) is 7.79. The molecule has 0 aliphatic carbocycles. The highest BCUT2D eigenvalue weighted by molar-refractivity contribution is 7.09. The number of benzene rings is 2. The first-order valence-electron chi connectivity index (χ1n) is 13.8. The average molecular weight is 572 g/mol. The number of piperidine rings is 1. The Kier molecular flexibility index (Phi) is 9.66. The van der Waals surface area contributed by atoms with E-state index in [1.54, 1.807) is 29.2 Å². The summed E-state index contributed by atoms with van der Waals surface area (Å²) in [5.41, 5.74) is 1.37. The largest absolute Gasteiger partial charge is 0.416 e. The molecule has 2 amide bonds. The van der Waals surface area contributed by atoms with Crippen molar-refractivity contribution in [1.82, 2.24) is 15.2 Å². The van der Waals surface area contributed by atoms with Gasteiger partial charge in [-0.1, -0.05) is 57.0 Å². The lowest BCUT2D eigenvalue weighted by atomic mass is 9.94. The van der Waals surface area contributed by atoms with Crippen LogP contribution in [0.3, 0.4) is 0 Å². The number of nitrogens with zero attached hydrogens (tertiary/aromatic N) is 2. The molecule has 4 rings (SSSR count). The molecule has 0 radical (unpaired) electrons. The SMILES string of the molecule is CC(C)CCCC(C)NC(=O)c1csc(C2CCN(C(=O)c3ccccc3-c3ccc(C(F)(F)F)cc3)CC2)n1. The fourth-order valence-electron chi connectivity index (χ4n) is 5.04. The van der Waals surface area contributed by atoms with Crippen LogP contribution in [0.2, 0.25) is 0 Å². The molecule has 5 nitrogen and oxygen atoms in total. The van der Waals surface area contributed by atoms with Gasteiger partial charge in [-0.05, 0) is 61.4 Å². The van der Waals surface area contributed by atoms with Crippen molar-refractivity contribution in [2.75, 3.05) is 13.1 Å². The van der Waals surface area contributed by atoms with E-state index in [2.05, 4.69) is 24.1 Å². The van der Waals surface area contributed by atoms with E-state index in [4.69, 9.17) is 0 Å². The zero-order valence-electron chi connectivity index (χ0n) is 23.1. The number of thiazole rings is 1. The maximum atomic E-state index is 13.5. The number of rotatable bonds is 9. The van der Waals surface area contributed by atoms with E-state index >= 15 is 0 Å². The van der Waals surface area contributed by atoms with Crippen LogP contribution in [0.1, 0.15) is 90.2 Å². The van der Waals surface area contributed by atoms with Gasteiger partial charge in [-0.3, -0.25) is 9.59 Å². The van der Waals surface area contributed by atoms with Crippen molar-refractivity contribution in [3.8, 4) is 11.1 Å². The van der Waals surface area contributed by atoms with E-state index in [0.717, 1.165) is 49.2 Å². The molecule has 9 heteroatoms. The Bertz CT molecular complexity index is 1300. The van der Waals surface area contributed by atoms with Crippen molar-refractivity contribution in [3.63, 3.8) is 0 Å². The second-order valence-corrected chi connectivity index (χ2v) is 11.8. The third kappa shape index (κ3) is 7.50. The van der Waals surface area contributed by atoms with E-state index in [0.29, 0.717) is 41.4 Å². The number of hydrogen-bond acceptors (Lipinski definition) is 4. The van der Waals surface area contributed by atoms with E-state index in [1.807, 2.05) is 12.3 Å². The molecule has 2 aromatic carbocycles. The molecule has 0 spiro atoms. The summed E-state index contributed by atoms with van der Waals surface area (Å²) >= 11 is 1.49. The number of carbonyl (C=O) groups is 2. The molecule has 1 aliphatic heterocycles. The van der Waals surface area contributed by atoms with Gasteiger partial charge in [0.25, 0.3) is 11.8 Å². The summed E-state index contributed by atoms with van der Waals surface area (Å²) in [7, 11) is 0. The molecule has 3 aromatic rings. The first-order chi connectivity index (χ1) is 19.0. The highest BCUT2D eigenvalue weighted by atomic mass is 32.1. The number of hydrogen-bond donors (Lipinski definition) is 1. The molecule has 1 atom stereocenters. The van der Waals surface area contributed by atoms with Crippen molar-refractivity contribution in [1.29, 1.82) is 0 Å². The highest BCUT2D eigenvalue weighted by Crippen LogP contribution is 2.34. The summed E-state index contributed by atoms with van der Waals surface area (Å²) in [4.78, 5) is 32.6. The van der Waals surface area contributed by atoms with Gasteiger partial charge in [0.15, 0.2) is 0 Å². The zero-order chi connectivity index (χ0) is 28.9. The Morgan fingerprint density at radius 1 is 1.02 bits per heavy atom. The third-order valence-corrected chi connectivity index (χ3v) is 8.37. The molecule has 0 saturated carbocycles. The molecule has 2 heterocycles. The summed E-state index contributed by atoms with van der Waals surface area (Å²) in [6.07, 6.45) is 0.209. The van der Waals surface area contributed by atoms with Gasteiger partial charge in [-0.15, -0.1) is 11.3 Å². The van der Waals surface area contributed by atoms with Crippen molar-refractivity contribution < 1.29 is 22.8 Å². The second kappa shape index (κ2) is 13.0. The molecule has 1 fully saturated rings. The van der Waals surface area contributed by atoms with Crippen LogP contribution >= 0.6 is 11.3 Å². The number of carbonyl (C=O) groups excluding carboxylic acids is 2. The van der Waals surface area contributed by atoms with E-state index in [9.17, 15) is 22.8 Å². The summed E-state index contributed by atoms with van der Waals surface area (Å²) in [6.45, 7) is 7.50. The number of alkyl halides is 3. The van der Waals surface area contributed by atoms with Crippen LogP contribution in [-0.4, -0.2) is 40.8 Å². The molecule has 40 heavy (non-hydrogen) atoms. The lowest BCUT2D eigenvalue weighted by molar-refractivity contribution is -0.137. The van der Waals surface area contributed by atoms with Crippen molar-refractivity contribution in [2.45, 2.75) is 71.0 Å². The number of likely N-dealkylation sites (tertiary alicyclic amines) is 1. The second-order valence-electron chi connectivity index (χ2n) is 11.0. The van der Waals surface area contributed by atoms with Crippen LogP contribution < -0.4 is 5.32 Å². The minimum Gasteiger partial charge on any atom is -0.348 e. The highest BCUT2D eigenvalue weighted by Gasteiger charge is 2.31. The lowest BCUT2D eigenvalue weighted by Gasteiger charge is -2.31. The minimum atomic E-state index is -4.41. The van der Waals surface area contributed by atoms with E-state index in [-0.39, 0.29) is 23.8 Å². The van der Waals surface area contributed by atoms with Gasteiger partial charge in [0.2, 0.25) is 0 Å². The summed E-state index contributed by atoms with van der Waals surface area (Å²) in [5, 5.41) is 5.77. The zero-order valence-corrected chi connectivity index (χ0v) is 23.9. The van der Waals surface area contributed by atoms with Crippen molar-refractivity contribution >= 4 is 23.2 Å². The van der Waals surface area contributed by atoms with Gasteiger partial charge >= 0.3 is 6.18 Å². The van der Waals surface area contributed by atoms with Gasteiger partial charge in [0.1, 0.15) is 5.69 Å². The molecule has 1 saturated heterocycles. The monoisotopic (exact) mass is 571 g/mol. The van der Waals surface area contributed by atoms with Crippen LogP contribution in [-0.2, 0) is 6.18 Å². The molecule has 214 valence electrons. The van der Waals surface area contributed by atoms with Crippen molar-refractivity contribution in [3.05, 3.63) is 75.7 Å². The Morgan fingerprint density at radius 3 is 2.35 bits per heavy atom. The molecular weight excluding hydrogens is 535 g/mol. The standard InChI is InChI=1S/C31H36F3N3O2S/c1-20(2)7-6-8-21(3)35-28(38)27-19-40-29(36-27)23-15-17-37(18-16-23)30(39)26-10-5-4-9-25(26)22-11-13-24(14-12-22)31(32,33)34/h4-5,9-14,19-21,23H,6-8,15-18H2,1-3H3,(H,35,38). The van der Waals surface area contributed by atoms with Crippen molar-refractivity contribution in [2.24, 2.45) is 5.92 Å². The average Bonchev–Trinajstić information content (AvgIpc) is 3.43. The maximum absolute atomic E-state index is 13.5. The minimum absolute atomic E-state index is 0.0936. The Hall–Kier alpha value is -3.20. The lowest BCUT2D eigenvalue weighted by Crippen LogP contribution is -2.38. The normalized spacial score (nSPS) is 15.3. The Labute approximate surface area is 237 Å². The number of amides is 2. The molecular formula is C31H36F3N3O2S. The first kappa shape index (κ1) is 29.8. The van der Waals surface area contributed by atoms with Crippen LogP contribution in [0.25, 0.3) is 11.1 Å². The number of aromatic nitrogens is 1. The number of nitrogens with one attached hydrogen (secondary N) is 1. The fourth-order valence-corrected chi connectivity index (χ4v) is 6.01. The quantitative estimate of drug-likeness (QED) is 0.285. The molecule has 1 aliphatic rings.